The van der Waals surface area contributed by atoms with E-state index in [9.17, 15) is 4.79 Å². The molecule has 0 saturated carbocycles. The number of nitrogens with zero attached hydrogens (tertiary/aromatic N) is 4. The van der Waals surface area contributed by atoms with Crippen LogP contribution in [-0.4, -0.2) is 46.5 Å². The predicted molar refractivity (Wildman–Crippen MR) is 82.1 cm³/mol. The predicted octanol–water partition coefficient (Wildman–Crippen LogP) is 0.381. The van der Waals surface area contributed by atoms with E-state index in [0.29, 0.717) is 18.4 Å². The lowest BCUT2D eigenvalue weighted by Crippen LogP contribution is -2.38. The molecule has 21 heavy (non-hydrogen) atoms. The summed E-state index contributed by atoms with van der Waals surface area (Å²) in [6, 6.07) is -0.426. The molecule has 1 aliphatic rings. The van der Waals surface area contributed by atoms with Crippen LogP contribution >= 0.6 is 0 Å². The molecule has 1 aliphatic heterocycles. The topological polar surface area (TPSA) is 109 Å². The number of anilines is 3. The van der Waals surface area contributed by atoms with Crippen molar-refractivity contribution >= 4 is 23.8 Å². The van der Waals surface area contributed by atoms with Crippen molar-refractivity contribution in [1.29, 1.82) is 0 Å². The Hall–Kier alpha value is -2.12. The smallest absolute Gasteiger partial charge is 0.242 e. The summed E-state index contributed by atoms with van der Waals surface area (Å²) in [4.78, 5) is 26.5. The lowest BCUT2D eigenvalue weighted by Gasteiger charge is -2.18. The molecule has 8 nitrogen and oxygen atoms in total. The maximum absolute atomic E-state index is 11.8. The number of carbonyl (C=O) groups excluding carboxylic acids is 1. The number of amides is 1. The standard InChI is InChI=1S/C13H23N7O/c1-3-6-15-10(21)9(2)16-12-17-11(14)18-13(19-12)20-7-4-5-8-20/h9H,3-8H2,1-2H3,(H,15,21)(H3,14,16,17,18,19). The van der Waals surface area contributed by atoms with Gasteiger partial charge in [0.1, 0.15) is 6.04 Å². The largest absolute Gasteiger partial charge is 0.368 e. The van der Waals surface area contributed by atoms with Gasteiger partial charge in [0.05, 0.1) is 0 Å². The summed E-state index contributed by atoms with van der Waals surface area (Å²) in [5, 5.41) is 5.80. The highest BCUT2D eigenvalue weighted by atomic mass is 16.2. The van der Waals surface area contributed by atoms with Gasteiger partial charge in [0.15, 0.2) is 0 Å². The molecule has 2 rings (SSSR count). The third kappa shape index (κ3) is 4.17. The highest BCUT2D eigenvalue weighted by Crippen LogP contribution is 2.17. The number of rotatable bonds is 6. The summed E-state index contributed by atoms with van der Waals surface area (Å²) in [7, 11) is 0. The Morgan fingerprint density at radius 2 is 2.05 bits per heavy atom. The van der Waals surface area contributed by atoms with E-state index in [2.05, 4.69) is 30.5 Å². The highest BCUT2D eigenvalue weighted by Gasteiger charge is 2.18. The Kier molecular flexibility index (Phi) is 5.13. The van der Waals surface area contributed by atoms with Gasteiger partial charge in [0.2, 0.25) is 23.8 Å². The minimum absolute atomic E-state index is 0.0847. The molecule has 2 heterocycles. The van der Waals surface area contributed by atoms with E-state index >= 15 is 0 Å². The second-order valence-corrected chi connectivity index (χ2v) is 5.17. The maximum atomic E-state index is 11.8. The molecule has 0 radical (unpaired) electrons. The Balaban J connectivity index is 2.03. The molecule has 1 aromatic rings. The molecule has 0 spiro atoms. The SMILES string of the molecule is CCCNC(=O)C(C)Nc1nc(N)nc(N2CCCC2)n1. The van der Waals surface area contributed by atoms with Crippen LogP contribution < -0.4 is 21.3 Å². The van der Waals surface area contributed by atoms with Crippen LogP contribution in [0.3, 0.4) is 0 Å². The molecule has 1 unspecified atom stereocenters. The second-order valence-electron chi connectivity index (χ2n) is 5.17. The molecular weight excluding hydrogens is 270 g/mol. The van der Waals surface area contributed by atoms with Gasteiger partial charge in [-0.05, 0) is 26.2 Å². The molecule has 4 N–H and O–H groups in total. The number of nitrogens with one attached hydrogen (secondary N) is 2. The molecule has 0 aliphatic carbocycles. The lowest BCUT2D eigenvalue weighted by molar-refractivity contribution is -0.121. The summed E-state index contributed by atoms with van der Waals surface area (Å²) in [5.41, 5.74) is 5.73. The molecule has 0 aromatic carbocycles. The van der Waals surface area contributed by atoms with E-state index < -0.39 is 6.04 Å². The zero-order valence-electron chi connectivity index (χ0n) is 12.6. The number of nitrogen functional groups attached to an aromatic ring is 1. The molecule has 116 valence electrons. The van der Waals surface area contributed by atoms with Crippen LogP contribution in [0.2, 0.25) is 0 Å². The van der Waals surface area contributed by atoms with E-state index in [1.54, 1.807) is 6.92 Å². The first kappa shape index (κ1) is 15.3. The number of nitrogens with two attached hydrogens (primary N) is 1. The van der Waals surface area contributed by atoms with E-state index in [1.165, 1.54) is 0 Å². The summed E-state index contributed by atoms with van der Waals surface area (Å²) >= 11 is 0. The van der Waals surface area contributed by atoms with Crippen LogP contribution in [-0.2, 0) is 4.79 Å². The number of aromatic nitrogens is 3. The molecule has 1 aromatic heterocycles. The van der Waals surface area contributed by atoms with Gasteiger partial charge in [-0.2, -0.15) is 15.0 Å². The van der Waals surface area contributed by atoms with Crippen LogP contribution in [0, 0.1) is 0 Å². The first-order valence-electron chi connectivity index (χ1n) is 7.41. The van der Waals surface area contributed by atoms with Crippen molar-refractivity contribution < 1.29 is 4.79 Å². The number of carbonyl (C=O) groups is 1. The van der Waals surface area contributed by atoms with Gasteiger partial charge in [0.25, 0.3) is 0 Å². The molecule has 1 fully saturated rings. The normalized spacial score (nSPS) is 15.8. The van der Waals surface area contributed by atoms with Crippen molar-refractivity contribution in [2.75, 3.05) is 35.6 Å². The van der Waals surface area contributed by atoms with E-state index in [0.717, 1.165) is 32.4 Å². The quantitative estimate of drug-likeness (QED) is 0.695. The van der Waals surface area contributed by atoms with Crippen LogP contribution in [0.15, 0.2) is 0 Å². The van der Waals surface area contributed by atoms with Gasteiger partial charge in [0, 0.05) is 19.6 Å². The van der Waals surface area contributed by atoms with E-state index in [-0.39, 0.29) is 11.9 Å². The average Bonchev–Trinajstić information content (AvgIpc) is 2.98. The lowest BCUT2D eigenvalue weighted by atomic mass is 10.3. The van der Waals surface area contributed by atoms with Crippen LogP contribution in [0.1, 0.15) is 33.1 Å². The molecule has 8 heteroatoms. The second kappa shape index (κ2) is 7.05. The Morgan fingerprint density at radius 1 is 1.33 bits per heavy atom. The fraction of sp³-hybridized carbons (Fsp3) is 0.692. The molecule has 1 atom stereocenters. The average molecular weight is 293 g/mol. The molecular formula is C13H23N7O. The Morgan fingerprint density at radius 3 is 2.71 bits per heavy atom. The molecule has 0 bridgehead atoms. The van der Waals surface area contributed by atoms with Gasteiger partial charge in [-0.1, -0.05) is 6.92 Å². The van der Waals surface area contributed by atoms with Gasteiger partial charge in [-0.3, -0.25) is 4.79 Å². The Labute approximate surface area is 124 Å². The zero-order valence-corrected chi connectivity index (χ0v) is 12.6. The van der Waals surface area contributed by atoms with Crippen molar-refractivity contribution in [2.24, 2.45) is 0 Å². The van der Waals surface area contributed by atoms with E-state index in [1.807, 2.05) is 6.92 Å². The van der Waals surface area contributed by atoms with Crippen molar-refractivity contribution in [3.63, 3.8) is 0 Å². The Bertz CT molecular complexity index is 487. The van der Waals surface area contributed by atoms with Gasteiger partial charge < -0.3 is 21.3 Å². The first-order chi connectivity index (χ1) is 10.1. The van der Waals surface area contributed by atoms with Crippen LogP contribution in [0.4, 0.5) is 17.8 Å². The van der Waals surface area contributed by atoms with E-state index in [4.69, 9.17) is 5.73 Å². The summed E-state index contributed by atoms with van der Waals surface area (Å²) in [6.45, 7) is 6.28. The fourth-order valence-electron chi connectivity index (χ4n) is 2.16. The fourth-order valence-corrected chi connectivity index (χ4v) is 2.16. The van der Waals surface area contributed by atoms with Crippen molar-refractivity contribution in [2.45, 2.75) is 39.2 Å². The molecule has 1 amide bonds. The summed E-state index contributed by atoms with van der Waals surface area (Å²) < 4.78 is 0. The van der Waals surface area contributed by atoms with Crippen LogP contribution in [0.5, 0.6) is 0 Å². The third-order valence-corrected chi connectivity index (χ3v) is 3.32. The maximum Gasteiger partial charge on any atom is 0.242 e. The minimum atomic E-state index is -0.426. The molecule has 1 saturated heterocycles. The van der Waals surface area contributed by atoms with Crippen molar-refractivity contribution in [3.8, 4) is 0 Å². The zero-order chi connectivity index (χ0) is 15.2. The van der Waals surface area contributed by atoms with Crippen molar-refractivity contribution in [3.05, 3.63) is 0 Å². The number of hydrogen-bond acceptors (Lipinski definition) is 7. The highest BCUT2D eigenvalue weighted by molar-refractivity contribution is 5.83. The number of hydrogen-bond donors (Lipinski definition) is 3. The summed E-state index contributed by atoms with van der Waals surface area (Å²) in [6.07, 6.45) is 3.16. The van der Waals surface area contributed by atoms with Gasteiger partial charge in [-0.15, -0.1) is 0 Å². The van der Waals surface area contributed by atoms with Gasteiger partial charge >= 0.3 is 0 Å². The monoisotopic (exact) mass is 293 g/mol. The minimum Gasteiger partial charge on any atom is -0.368 e. The third-order valence-electron chi connectivity index (χ3n) is 3.32. The van der Waals surface area contributed by atoms with Gasteiger partial charge in [-0.25, -0.2) is 0 Å². The van der Waals surface area contributed by atoms with Crippen LogP contribution in [0.25, 0.3) is 0 Å². The summed E-state index contributed by atoms with van der Waals surface area (Å²) in [5.74, 6) is 0.987. The van der Waals surface area contributed by atoms with Crippen molar-refractivity contribution in [1.82, 2.24) is 20.3 Å². The first-order valence-corrected chi connectivity index (χ1v) is 7.41.